The molecule has 15 heavy (non-hydrogen) atoms. The van der Waals surface area contributed by atoms with Crippen molar-refractivity contribution < 1.29 is 14.5 Å². The molecule has 0 atom stereocenters. The molecule has 1 aromatic rings. The largest absolute Gasteiger partial charge is 0.495 e. The third-order valence-electron chi connectivity index (χ3n) is 1.85. The van der Waals surface area contributed by atoms with Crippen molar-refractivity contribution in [2.75, 3.05) is 7.11 Å². The van der Waals surface area contributed by atoms with Crippen molar-refractivity contribution in [3.63, 3.8) is 0 Å². The maximum atomic E-state index is 11.2. The van der Waals surface area contributed by atoms with Gasteiger partial charge in [-0.25, -0.2) is 0 Å². The number of halogens is 1. The van der Waals surface area contributed by atoms with E-state index in [0.717, 1.165) is 0 Å². The molecule has 0 aliphatic heterocycles. The summed E-state index contributed by atoms with van der Waals surface area (Å²) in [4.78, 5) is 21.3. The lowest BCUT2D eigenvalue weighted by atomic mass is 10.1. The zero-order chi connectivity index (χ0) is 11.6. The molecule has 80 valence electrons. The first-order chi connectivity index (χ1) is 6.97. The highest BCUT2D eigenvalue weighted by Crippen LogP contribution is 2.30. The Labute approximate surface area is 99.7 Å². The lowest BCUT2D eigenvalue weighted by Gasteiger charge is -2.05. The Bertz CT molecular complexity index is 430. The van der Waals surface area contributed by atoms with E-state index in [0.29, 0.717) is 9.32 Å². The summed E-state index contributed by atoms with van der Waals surface area (Å²) in [6, 6.07) is 2.72. The summed E-state index contributed by atoms with van der Waals surface area (Å²) in [5.41, 5.74) is -0.120. The van der Waals surface area contributed by atoms with E-state index in [1.54, 1.807) is 0 Å². The van der Waals surface area contributed by atoms with Crippen LogP contribution >= 0.6 is 22.6 Å². The molecule has 0 heterocycles. The number of carbonyl (C=O) groups excluding carboxylic acids is 1. The standard InChI is InChI=1S/C9H8INO4/c1-5(12)6-3-7(10)9(15-2)4-8(6)11(13)14/h3-4H,1-2H3. The van der Waals surface area contributed by atoms with Crippen molar-refractivity contribution in [1.29, 1.82) is 0 Å². The highest BCUT2D eigenvalue weighted by Gasteiger charge is 2.20. The van der Waals surface area contributed by atoms with Crippen LogP contribution in [0.4, 0.5) is 5.69 Å². The first kappa shape index (κ1) is 11.9. The van der Waals surface area contributed by atoms with Crippen molar-refractivity contribution in [3.8, 4) is 5.75 Å². The van der Waals surface area contributed by atoms with E-state index in [2.05, 4.69) is 0 Å². The van der Waals surface area contributed by atoms with Crippen LogP contribution in [0.5, 0.6) is 5.75 Å². The van der Waals surface area contributed by atoms with Crippen LogP contribution in [0.15, 0.2) is 12.1 Å². The summed E-state index contributed by atoms with van der Waals surface area (Å²) in [5, 5.41) is 10.7. The summed E-state index contributed by atoms with van der Waals surface area (Å²) in [6.45, 7) is 1.30. The van der Waals surface area contributed by atoms with Crippen LogP contribution < -0.4 is 4.74 Å². The quantitative estimate of drug-likeness (QED) is 0.371. The van der Waals surface area contributed by atoms with E-state index < -0.39 is 4.92 Å². The van der Waals surface area contributed by atoms with Gasteiger partial charge in [-0.1, -0.05) is 0 Å². The molecule has 0 fully saturated rings. The SMILES string of the molecule is COc1cc([N+](=O)[O-])c(C(C)=O)cc1I. The molecule has 6 heteroatoms. The topological polar surface area (TPSA) is 69.4 Å². The predicted molar refractivity (Wildman–Crippen MR) is 62.4 cm³/mol. The Balaban J connectivity index is 3.45. The van der Waals surface area contributed by atoms with Gasteiger partial charge >= 0.3 is 0 Å². The molecule has 0 spiro atoms. The predicted octanol–water partition coefficient (Wildman–Crippen LogP) is 2.41. The number of nitro benzene ring substituents is 1. The molecule has 0 saturated carbocycles. The Morgan fingerprint density at radius 3 is 2.53 bits per heavy atom. The fourth-order valence-corrected chi connectivity index (χ4v) is 1.82. The van der Waals surface area contributed by atoms with Crippen LogP contribution in [0.3, 0.4) is 0 Å². The zero-order valence-electron chi connectivity index (χ0n) is 8.11. The number of hydrogen-bond donors (Lipinski definition) is 0. The van der Waals surface area contributed by atoms with E-state index in [4.69, 9.17) is 4.74 Å². The van der Waals surface area contributed by atoms with Crippen molar-refractivity contribution in [2.24, 2.45) is 0 Å². The van der Waals surface area contributed by atoms with Gasteiger partial charge in [-0.15, -0.1) is 0 Å². The third-order valence-corrected chi connectivity index (χ3v) is 2.69. The molecule has 0 aliphatic rings. The smallest absolute Gasteiger partial charge is 0.283 e. The van der Waals surface area contributed by atoms with E-state index in [-0.39, 0.29) is 17.0 Å². The number of hydrogen-bond acceptors (Lipinski definition) is 4. The van der Waals surface area contributed by atoms with Crippen molar-refractivity contribution >= 4 is 34.1 Å². The van der Waals surface area contributed by atoms with Crippen LogP contribution in [0.25, 0.3) is 0 Å². The van der Waals surface area contributed by atoms with Gasteiger partial charge in [0.25, 0.3) is 5.69 Å². The van der Waals surface area contributed by atoms with Crippen LogP contribution in [0.1, 0.15) is 17.3 Å². The van der Waals surface area contributed by atoms with Gasteiger partial charge in [0, 0.05) is 0 Å². The second-order valence-corrected chi connectivity index (χ2v) is 3.98. The van der Waals surface area contributed by atoms with Crippen LogP contribution in [0.2, 0.25) is 0 Å². The number of ketones is 1. The van der Waals surface area contributed by atoms with Gasteiger partial charge < -0.3 is 4.74 Å². The second kappa shape index (κ2) is 4.56. The van der Waals surface area contributed by atoms with Crippen molar-refractivity contribution in [3.05, 3.63) is 31.4 Å². The molecule has 1 rings (SSSR count). The molecule has 0 saturated heterocycles. The van der Waals surface area contributed by atoms with E-state index >= 15 is 0 Å². The molecular formula is C9H8INO4. The lowest BCUT2D eigenvalue weighted by molar-refractivity contribution is -0.385. The maximum Gasteiger partial charge on any atom is 0.283 e. The van der Waals surface area contributed by atoms with Gasteiger partial charge in [0.2, 0.25) is 0 Å². The van der Waals surface area contributed by atoms with Crippen molar-refractivity contribution in [2.45, 2.75) is 6.92 Å². The molecule has 0 aromatic heterocycles. The maximum absolute atomic E-state index is 11.2. The number of carbonyl (C=O) groups is 1. The van der Waals surface area contributed by atoms with Crippen LogP contribution in [0, 0.1) is 13.7 Å². The number of Topliss-reactive ketones (excluding diaryl/α,β-unsaturated/α-hetero) is 1. The number of nitro groups is 1. The molecular weight excluding hydrogens is 313 g/mol. The van der Waals surface area contributed by atoms with Gasteiger partial charge in [-0.2, -0.15) is 0 Å². The Kier molecular flexibility index (Phi) is 3.61. The molecule has 0 unspecified atom stereocenters. The molecule has 1 aromatic carbocycles. The van der Waals surface area contributed by atoms with E-state index in [9.17, 15) is 14.9 Å². The minimum absolute atomic E-state index is 0.102. The lowest BCUT2D eigenvalue weighted by Crippen LogP contribution is -2.02. The molecule has 0 radical (unpaired) electrons. The Morgan fingerprint density at radius 2 is 2.13 bits per heavy atom. The average molecular weight is 321 g/mol. The number of methoxy groups -OCH3 is 1. The molecule has 5 nitrogen and oxygen atoms in total. The fraction of sp³-hybridized carbons (Fsp3) is 0.222. The third kappa shape index (κ3) is 2.44. The minimum atomic E-state index is -0.588. The second-order valence-electron chi connectivity index (χ2n) is 2.82. The number of benzene rings is 1. The van der Waals surface area contributed by atoms with Crippen LogP contribution in [-0.4, -0.2) is 17.8 Å². The summed E-state index contributed by atoms with van der Waals surface area (Å²) < 4.78 is 5.62. The number of rotatable bonds is 3. The van der Waals surface area contributed by atoms with Crippen molar-refractivity contribution in [1.82, 2.24) is 0 Å². The Hall–Kier alpha value is -1.18. The number of nitrogens with zero attached hydrogens (tertiary/aromatic N) is 1. The van der Waals surface area contributed by atoms with Gasteiger partial charge in [0.1, 0.15) is 5.75 Å². The normalized spacial score (nSPS) is 9.80. The summed E-state index contributed by atoms with van der Waals surface area (Å²) in [7, 11) is 1.43. The summed E-state index contributed by atoms with van der Waals surface area (Å²) >= 11 is 1.96. The van der Waals surface area contributed by atoms with Gasteiger partial charge in [-0.05, 0) is 35.6 Å². The summed E-state index contributed by atoms with van der Waals surface area (Å²) in [6.07, 6.45) is 0. The molecule has 0 aliphatic carbocycles. The molecule has 0 bridgehead atoms. The fourth-order valence-electron chi connectivity index (χ4n) is 1.13. The first-order valence-corrected chi connectivity index (χ1v) is 5.08. The van der Waals surface area contributed by atoms with Crippen LogP contribution in [-0.2, 0) is 0 Å². The summed E-state index contributed by atoms with van der Waals surface area (Å²) in [5.74, 6) is 0.0644. The average Bonchev–Trinajstić information content (AvgIpc) is 2.16. The monoisotopic (exact) mass is 321 g/mol. The van der Waals surface area contributed by atoms with Gasteiger partial charge in [0.15, 0.2) is 5.78 Å². The highest BCUT2D eigenvalue weighted by atomic mass is 127. The first-order valence-electron chi connectivity index (χ1n) is 4.00. The van der Waals surface area contributed by atoms with Gasteiger partial charge in [-0.3, -0.25) is 14.9 Å². The van der Waals surface area contributed by atoms with E-state index in [1.807, 2.05) is 22.6 Å². The minimum Gasteiger partial charge on any atom is -0.495 e. The highest BCUT2D eigenvalue weighted by molar-refractivity contribution is 14.1. The zero-order valence-corrected chi connectivity index (χ0v) is 10.3. The van der Waals surface area contributed by atoms with E-state index in [1.165, 1.54) is 26.2 Å². The Morgan fingerprint density at radius 1 is 1.53 bits per heavy atom. The molecule has 0 N–H and O–H groups in total. The van der Waals surface area contributed by atoms with Gasteiger partial charge in [0.05, 0.1) is 27.2 Å². The molecule has 0 amide bonds. The number of ether oxygens (including phenoxy) is 1.